The van der Waals surface area contributed by atoms with Crippen molar-refractivity contribution < 1.29 is 19.4 Å². The van der Waals surface area contributed by atoms with Crippen molar-refractivity contribution in [2.24, 2.45) is 0 Å². The van der Waals surface area contributed by atoms with Crippen LogP contribution in [0.3, 0.4) is 0 Å². The number of carbonyl (C=O) groups is 2. The van der Waals surface area contributed by atoms with Gasteiger partial charge in [-0.1, -0.05) is 37.6 Å². The van der Waals surface area contributed by atoms with Crippen molar-refractivity contribution in [2.45, 2.75) is 32.6 Å². The summed E-state index contributed by atoms with van der Waals surface area (Å²) in [6, 6.07) is 13.9. The highest BCUT2D eigenvalue weighted by Gasteiger charge is 2.09. The maximum Gasteiger partial charge on any atom is 0.310 e. The highest BCUT2D eigenvalue weighted by atomic mass is 16.5. The standard InChI is InChI=1S/C20H23NO4/c1-2-3-4-15-5-9-17(10-6-15)21-19(23)14-25-20(24)13-16-7-11-18(22)12-8-16/h5-12,22H,2-4,13-14H2,1H3,(H,21,23). The van der Waals surface area contributed by atoms with Crippen LogP contribution in [-0.2, 0) is 27.2 Å². The highest BCUT2D eigenvalue weighted by Crippen LogP contribution is 2.12. The lowest BCUT2D eigenvalue weighted by atomic mass is 10.1. The number of carbonyl (C=O) groups excluding carboxylic acids is 2. The molecule has 0 atom stereocenters. The average Bonchev–Trinajstić information content (AvgIpc) is 2.61. The number of unbranched alkanes of at least 4 members (excludes halogenated alkanes) is 1. The van der Waals surface area contributed by atoms with Crippen LogP contribution in [0.4, 0.5) is 5.69 Å². The van der Waals surface area contributed by atoms with Crippen LogP contribution >= 0.6 is 0 Å². The second-order valence-corrected chi connectivity index (χ2v) is 5.85. The van der Waals surface area contributed by atoms with Crippen LogP contribution < -0.4 is 5.32 Å². The zero-order chi connectivity index (χ0) is 18.1. The first-order valence-corrected chi connectivity index (χ1v) is 8.39. The Kier molecular flexibility index (Phi) is 7.01. The molecule has 0 unspecified atom stereocenters. The van der Waals surface area contributed by atoms with Crippen LogP contribution in [0.1, 0.15) is 30.9 Å². The number of anilines is 1. The van der Waals surface area contributed by atoms with Gasteiger partial charge in [0.15, 0.2) is 6.61 Å². The van der Waals surface area contributed by atoms with Gasteiger partial charge in [0.1, 0.15) is 5.75 Å². The number of phenolic OH excluding ortho intramolecular Hbond substituents is 1. The van der Waals surface area contributed by atoms with E-state index in [-0.39, 0.29) is 24.7 Å². The maximum atomic E-state index is 11.8. The van der Waals surface area contributed by atoms with Crippen molar-refractivity contribution in [2.75, 3.05) is 11.9 Å². The van der Waals surface area contributed by atoms with Gasteiger partial charge in [0.05, 0.1) is 6.42 Å². The van der Waals surface area contributed by atoms with Crippen LogP contribution in [0.5, 0.6) is 5.75 Å². The van der Waals surface area contributed by atoms with Crippen molar-refractivity contribution in [3.63, 3.8) is 0 Å². The summed E-state index contributed by atoms with van der Waals surface area (Å²) in [5.74, 6) is -0.728. The van der Waals surface area contributed by atoms with Gasteiger partial charge in [-0.3, -0.25) is 9.59 Å². The lowest BCUT2D eigenvalue weighted by Crippen LogP contribution is -2.21. The minimum absolute atomic E-state index is 0.0552. The molecule has 0 bridgehead atoms. The van der Waals surface area contributed by atoms with Gasteiger partial charge in [-0.15, -0.1) is 0 Å². The molecule has 5 nitrogen and oxygen atoms in total. The van der Waals surface area contributed by atoms with Crippen molar-refractivity contribution >= 4 is 17.6 Å². The molecule has 0 radical (unpaired) electrons. The number of aromatic hydroxyl groups is 1. The zero-order valence-electron chi connectivity index (χ0n) is 14.3. The summed E-state index contributed by atoms with van der Waals surface area (Å²) in [6.45, 7) is 1.83. The van der Waals surface area contributed by atoms with Gasteiger partial charge in [-0.25, -0.2) is 0 Å². The monoisotopic (exact) mass is 341 g/mol. The number of rotatable bonds is 8. The number of nitrogens with one attached hydrogen (secondary N) is 1. The molecule has 0 fully saturated rings. The van der Waals surface area contributed by atoms with Gasteiger partial charge in [-0.05, 0) is 48.2 Å². The molecule has 132 valence electrons. The highest BCUT2D eigenvalue weighted by molar-refractivity contribution is 5.92. The van der Waals surface area contributed by atoms with Crippen molar-refractivity contribution in [3.8, 4) is 5.75 Å². The van der Waals surface area contributed by atoms with Crippen LogP contribution in [0, 0.1) is 0 Å². The fraction of sp³-hybridized carbons (Fsp3) is 0.300. The fourth-order valence-electron chi connectivity index (χ4n) is 2.31. The Bertz CT molecular complexity index is 693. The number of esters is 1. The molecule has 0 aliphatic heterocycles. The normalized spacial score (nSPS) is 10.3. The second-order valence-electron chi connectivity index (χ2n) is 5.85. The number of amides is 1. The predicted molar refractivity (Wildman–Crippen MR) is 96.5 cm³/mol. The van der Waals surface area contributed by atoms with Crippen LogP contribution in [-0.4, -0.2) is 23.6 Å². The molecule has 0 aliphatic carbocycles. The summed E-state index contributed by atoms with van der Waals surface area (Å²) in [4.78, 5) is 23.6. The number of hydrogen-bond acceptors (Lipinski definition) is 4. The molecule has 5 heteroatoms. The molecule has 25 heavy (non-hydrogen) atoms. The molecule has 0 aromatic heterocycles. The Hall–Kier alpha value is -2.82. The molecule has 2 aromatic rings. The SMILES string of the molecule is CCCCc1ccc(NC(=O)COC(=O)Cc2ccc(O)cc2)cc1. The third kappa shape index (κ3) is 6.67. The van der Waals surface area contributed by atoms with Crippen LogP contribution in [0.15, 0.2) is 48.5 Å². The lowest BCUT2D eigenvalue weighted by Gasteiger charge is -2.08. The average molecular weight is 341 g/mol. The van der Waals surface area contributed by atoms with E-state index in [4.69, 9.17) is 4.74 Å². The summed E-state index contributed by atoms with van der Waals surface area (Å²) in [6.07, 6.45) is 3.37. The summed E-state index contributed by atoms with van der Waals surface area (Å²) < 4.78 is 4.97. The summed E-state index contributed by atoms with van der Waals surface area (Å²) in [7, 11) is 0. The van der Waals surface area contributed by atoms with E-state index in [0.29, 0.717) is 11.3 Å². The topological polar surface area (TPSA) is 75.6 Å². The van der Waals surface area contributed by atoms with Crippen LogP contribution in [0.2, 0.25) is 0 Å². The Morgan fingerprint density at radius 3 is 2.28 bits per heavy atom. The molecule has 0 aliphatic rings. The first-order chi connectivity index (χ1) is 12.1. The van der Waals surface area contributed by atoms with E-state index in [9.17, 15) is 14.7 Å². The number of benzene rings is 2. The third-order valence-electron chi connectivity index (χ3n) is 3.71. The minimum atomic E-state index is -0.490. The van der Waals surface area contributed by atoms with Crippen molar-refractivity contribution in [3.05, 3.63) is 59.7 Å². The Labute approximate surface area is 147 Å². The Morgan fingerprint density at radius 2 is 1.64 bits per heavy atom. The number of phenols is 1. The first-order valence-electron chi connectivity index (χ1n) is 8.39. The molecule has 0 spiro atoms. The van der Waals surface area contributed by atoms with Gasteiger partial charge < -0.3 is 15.2 Å². The molecule has 1 amide bonds. The van der Waals surface area contributed by atoms with E-state index in [0.717, 1.165) is 19.3 Å². The minimum Gasteiger partial charge on any atom is -0.508 e. The van der Waals surface area contributed by atoms with Gasteiger partial charge in [0.25, 0.3) is 5.91 Å². The third-order valence-corrected chi connectivity index (χ3v) is 3.71. The van der Waals surface area contributed by atoms with Gasteiger partial charge >= 0.3 is 5.97 Å². The predicted octanol–water partition coefficient (Wildman–Crippen LogP) is 3.46. The van der Waals surface area contributed by atoms with E-state index in [2.05, 4.69) is 12.2 Å². The smallest absolute Gasteiger partial charge is 0.310 e. The van der Waals surface area contributed by atoms with Crippen molar-refractivity contribution in [1.82, 2.24) is 0 Å². The number of ether oxygens (including phenoxy) is 1. The number of aryl methyl sites for hydroxylation is 1. The van der Waals surface area contributed by atoms with E-state index in [1.54, 1.807) is 12.1 Å². The van der Waals surface area contributed by atoms with Crippen molar-refractivity contribution in [1.29, 1.82) is 0 Å². The largest absolute Gasteiger partial charge is 0.508 e. The molecular formula is C20H23NO4. The zero-order valence-corrected chi connectivity index (χ0v) is 14.3. The molecule has 2 rings (SSSR count). The van der Waals surface area contributed by atoms with Crippen LogP contribution in [0.25, 0.3) is 0 Å². The summed E-state index contributed by atoms with van der Waals surface area (Å²) in [5.41, 5.74) is 2.63. The maximum absolute atomic E-state index is 11.8. The molecule has 0 saturated heterocycles. The van der Waals surface area contributed by atoms with Gasteiger partial charge in [0, 0.05) is 5.69 Å². The van der Waals surface area contributed by atoms with Gasteiger partial charge in [-0.2, -0.15) is 0 Å². The van der Waals surface area contributed by atoms with Gasteiger partial charge in [0.2, 0.25) is 0 Å². The summed E-state index contributed by atoms with van der Waals surface area (Å²) >= 11 is 0. The fourth-order valence-corrected chi connectivity index (χ4v) is 2.31. The Morgan fingerprint density at radius 1 is 1.00 bits per heavy atom. The first kappa shape index (κ1) is 18.5. The quantitative estimate of drug-likeness (QED) is 0.721. The molecular weight excluding hydrogens is 318 g/mol. The second kappa shape index (κ2) is 9.47. The molecule has 0 heterocycles. The lowest BCUT2D eigenvalue weighted by molar-refractivity contribution is -0.146. The molecule has 2 aromatic carbocycles. The Balaban J connectivity index is 1.74. The van der Waals surface area contributed by atoms with E-state index < -0.39 is 5.97 Å². The van der Waals surface area contributed by atoms with E-state index in [1.807, 2.05) is 24.3 Å². The molecule has 0 saturated carbocycles. The van der Waals surface area contributed by atoms with E-state index >= 15 is 0 Å². The molecule has 2 N–H and O–H groups in total. The van der Waals surface area contributed by atoms with E-state index in [1.165, 1.54) is 17.7 Å². The number of hydrogen-bond donors (Lipinski definition) is 2. The summed E-state index contributed by atoms with van der Waals surface area (Å²) in [5, 5.41) is 11.9.